The quantitative estimate of drug-likeness (QED) is 0.430. The molecule has 0 saturated carbocycles. The van der Waals surface area contributed by atoms with Gasteiger partial charge in [0.05, 0.1) is 26.9 Å². The molecule has 190 valence electrons. The van der Waals surface area contributed by atoms with Crippen molar-refractivity contribution in [3.63, 3.8) is 0 Å². The highest BCUT2D eigenvalue weighted by atomic mass is 16.7. The van der Waals surface area contributed by atoms with E-state index >= 15 is 0 Å². The minimum absolute atomic E-state index is 0.149. The van der Waals surface area contributed by atoms with Gasteiger partial charge >= 0.3 is 5.97 Å². The van der Waals surface area contributed by atoms with Gasteiger partial charge in [-0.1, -0.05) is 12.1 Å². The van der Waals surface area contributed by atoms with Crippen molar-refractivity contribution < 1.29 is 33.3 Å². The molecular formula is C26H39NO7. The lowest BCUT2D eigenvalue weighted by molar-refractivity contribution is -0.387. The summed E-state index contributed by atoms with van der Waals surface area (Å²) >= 11 is 0. The van der Waals surface area contributed by atoms with Crippen LogP contribution < -0.4 is 4.74 Å². The Morgan fingerprint density at radius 3 is 2.12 bits per heavy atom. The fraction of sp³-hybridized carbons (Fsp3) is 0.731. The lowest BCUT2D eigenvalue weighted by Gasteiger charge is -2.59. The molecule has 0 bridgehead atoms. The molecule has 0 amide bonds. The van der Waals surface area contributed by atoms with Gasteiger partial charge in [0.25, 0.3) is 0 Å². The number of epoxide rings is 1. The minimum Gasteiger partial charge on any atom is -0.491 e. The lowest BCUT2D eigenvalue weighted by Crippen LogP contribution is -2.68. The Bertz CT molecular complexity index is 850. The van der Waals surface area contributed by atoms with Crippen LogP contribution in [0.1, 0.15) is 66.1 Å². The van der Waals surface area contributed by atoms with Gasteiger partial charge in [-0.25, -0.2) is 0 Å². The number of piperidine rings is 1. The van der Waals surface area contributed by atoms with E-state index in [-0.39, 0.29) is 42.5 Å². The molecule has 3 heterocycles. The molecule has 2 unspecified atom stereocenters. The van der Waals surface area contributed by atoms with Crippen LogP contribution in [0.15, 0.2) is 24.3 Å². The second kappa shape index (κ2) is 9.06. The monoisotopic (exact) mass is 477 g/mol. The van der Waals surface area contributed by atoms with Crippen LogP contribution in [0.4, 0.5) is 0 Å². The van der Waals surface area contributed by atoms with Crippen molar-refractivity contribution in [2.24, 2.45) is 5.41 Å². The molecule has 0 aliphatic carbocycles. The molecule has 3 fully saturated rings. The number of benzene rings is 1. The zero-order chi connectivity index (χ0) is 24.8. The summed E-state index contributed by atoms with van der Waals surface area (Å²) in [6.45, 7) is 14.3. The molecule has 0 radical (unpaired) electrons. The topological polar surface area (TPSA) is 79.0 Å². The Labute approximate surface area is 202 Å². The number of nitrogens with zero attached hydrogens (tertiary/aromatic N) is 1. The first-order chi connectivity index (χ1) is 15.9. The summed E-state index contributed by atoms with van der Waals surface area (Å²) in [4.78, 5) is 18.8. The van der Waals surface area contributed by atoms with Crippen molar-refractivity contribution in [1.29, 1.82) is 0 Å². The molecule has 4 rings (SSSR count). The van der Waals surface area contributed by atoms with Crippen molar-refractivity contribution in [2.45, 2.75) is 83.5 Å². The summed E-state index contributed by atoms with van der Waals surface area (Å²) in [6, 6.07) is 8.03. The molecule has 8 nitrogen and oxygen atoms in total. The number of methoxy groups -OCH3 is 1. The van der Waals surface area contributed by atoms with E-state index in [1.165, 1.54) is 7.11 Å². The van der Waals surface area contributed by atoms with Crippen LogP contribution >= 0.6 is 0 Å². The summed E-state index contributed by atoms with van der Waals surface area (Å²) in [5.74, 6) is -0.251. The molecule has 34 heavy (non-hydrogen) atoms. The molecule has 2 atom stereocenters. The van der Waals surface area contributed by atoms with Crippen LogP contribution in [0.5, 0.6) is 5.75 Å². The summed E-state index contributed by atoms with van der Waals surface area (Å²) in [6.07, 6.45) is 1.32. The predicted octanol–water partition coefficient (Wildman–Crippen LogP) is 4.03. The number of rotatable bonds is 7. The number of hydrogen-bond acceptors (Lipinski definition) is 8. The van der Waals surface area contributed by atoms with Gasteiger partial charge in [-0.15, -0.1) is 0 Å². The normalized spacial score (nSPS) is 27.7. The number of hydrogen-bond donors (Lipinski definition) is 0. The number of esters is 1. The molecule has 3 saturated heterocycles. The molecule has 1 spiro atoms. The summed E-state index contributed by atoms with van der Waals surface area (Å²) in [7, 11) is 1.39. The number of carbonyl (C=O) groups is 1. The Kier molecular flexibility index (Phi) is 6.76. The SMILES string of the molecule is COC(=O)C1(C)COC2(CC(C)(C)N(OC(C)c3ccc(OCC4CO4)cc3)C(C)(C)C2)OC1. The van der Waals surface area contributed by atoms with Gasteiger partial charge in [0.1, 0.15) is 30.0 Å². The Morgan fingerprint density at radius 1 is 1.06 bits per heavy atom. The maximum Gasteiger partial charge on any atom is 0.316 e. The second-order valence-electron chi connectivity index (χ2n) is 11.4. The van der Waals surface area contributed by atoms with Gasteiger partial charge in [-0.3, -0.25) is 9.63 Å². The Hall–Kier alpha value is -1.71. The van der Waals surface area contributed by atoms with Crippen molar-refractivity contribution in [1.82, 2.24) is 5.06 Å². The van der Waals surface area contributed by atoms with E-state index in [9.17, 15) is 4.79 Å². The third-order valence-electron chi connectivity index (χ3n) is 6.94. The minimum atomic E-state index is -0.794. The molecule has 1 aromatic carbocycles. The molecule has 3 aliphatic rings. The van der Waals surface area contributed by atoms with Crippen molar-refractivity contribution in [3.8, 4) is 5.75 Å². The van der Waals surface area contributed by atoms with Gasteiger partial charge in [0.2, 0.25) is 0 Å². The largest absolute Gasteiger partial charge is 0.491 e. The fourth-order valence-corrected chi connectivity index (χ4v) is 5.27. The first-order valence-electron chi connectivity index (χ1n) is 12.1. The van der Waals surface area contributed by atoms with Crippen molar-refractivity contribution >= 4 is 5.97 Å². The standard InChI is InChI=1S/C26H39NO7/c1-18(19-8-10-20(11-9-19)30-12-21-13-31-21)34-27-23(2,3)14-26(15-24(27,4)5)32-16-25(6,17-33-26)22(28)29-7/h8-11,18,21H,12-17H2,1-7H3. The van der Waals surface area contributed by atoms with Crippen LogP contribution in [0, 0.1) is 5.41 Å². The maximum absolute atomic E-state index is 12.2. The fourth-order valence-electron chi connectivity index (χ4n) is 5.27. The lowest BCUT2D eigenvalue weighted by atomic mass is 9.77. The molecule has 8 heteroatoms. The van der Waals surface area contributed by atoms with E-state index in [2.05, 4.69) is 39.7 Å². The van der Waals surface area contributed by atoms with Crippen LogP contribution in [0.25, 0.3) is 0 Å². The number of ether oxygens (including phenoxy) is 5. The third-order valence-corrected chi connectivity index (χ3v) is 6.94. The summed E-state index contributed by atoms with van der Waals surface area (Å²) < 4.78 is 28.5. The zero-order valence-corrected chi connectivity index (χ0v) is 21.5. The zero-order valence-electron chi connectivity index (χ0n) is 21.5. The van der Waals surface area contributed by atoms with E-state index in [0.29, 0.717) is 19.4 Å². The highest BCUT2D eigenvalue weighted by molar-refractivity contribution is 5.76. The molecule has 1 aromatic rings. The van der Waals surface area contributed by atoms with E-state index in [4.69, 9.17) is 28.5 Å². The first kappa shape index (κ1) is 25.4. The number of carbonyl (C=O) groups excluding carboxylic acids is 1. The molecule has 3 aliphatic heterocycles. The smallest absolute Gasteiger partial charge is 0.316 e. The van der Waals surface area contributed by atoms with Crippen molar-refractivity contribution in [3.05, 3.63) is 29.8 Å². The Balaban J connectivity index is 1.42. The van der Waals surface area contributed by atoms with Gasteiger partial charge < -0.3 is 23.7 Å². The van der Waals surface area contributed by atoms with E-state index in [1.54, 1.807) is 0 Å². The van der Waals surface area contributed by atoms with E-state index in [0.717, 1.165) is 17.9 Å². The van der Waals surface area contributed by atoms with Gasteiger partial charge in [-0.2, -0.15) is 5.06 Å². The first-order valence-corrected chi connectivity index (χ1v) is 12.1. The maximum atomic E-state index is 12.2. The molecule has 0 aromatic heterocycles. The Morgan fingerprint density at radius 2 is 1.62 bits per heavy atom. The average Bonchev–Trinajstić information content (AvgIpc) is 3.61. The molecular weight excluding hydrogens is 438 g/mol. The van der Waals surface area contributed by atoms with E-state index < -0.39 is 11.2 Å². The summed E-state index contributed by atoms with van der Waals surface area (Å²) in [5.41, 5.74) is -0.469. The molecule has 0 N–H and O–H groups in total. The van der Waals surface area contributed by atoms with Gasteiger partial charge in [0, 0.05) is 23.9 Å². The number of hydroxylamine groups is 2. The van der Waals surface area contributed by atoms with Crippen LogP contribution in [-0.2, 0) is 28.6 Å². The van der Waals surface area contributed by atoms with Crippen LogP contribution in [-0.4, -0.2) is 67.5 Å². The predicted molar refractivity (Wildman–Crippen MR) is 125 cm³/mol. The third kappa shape index (κ3) is 5.26. The van der Waals surface area contributed by atoms with E-state index in [1.807, 2.05) is 31.2 Å². The highest BCUT2D eigenvalue weighted by Gasteiger charge is 2.58. The average molecular weight is 478 g/mol. The highest BCUT2D eigenvalue weighted by Crippen LogP contribution is 2.49. The summed E-state index contributed by atoms with van der Waals surface area (Å²) in [5, 5.41) is 2.09. The van der Waals surface area contributed by atoms with Crippen LogP contribution in [0.3, 0.4) is 0 Å². The van der Waals surface area contributed by atoms with Crippen molar-refractivity contribution in [2.75, 3.05) is 33.5 Å². The van der Waals surface area contributed by atoms with Gasteiger partial charge in [-0.05, 0) is 59.2 Å². The second-order valence-corrected chi connectivity index (χ2v) is 11.4. The van der Waals surface area contributed by atoms with Gasteiger partial charge in [0.15, 0.2) is 5.79 Å². The van der Waals surface area contributed by atoms with Crippen LogP contribution in [0.2, 0.25) is 0 Å².